The molecule has 0 spiro atoms. The van der Waals surface area contributed by atoms with Gasteiger partial charge in [-0.05, 0) is 90.8 Å². The average Bonchev–Trinajstić information content (AvgIpc) is 3.75. The van der Waals surface area contributed by atoms with E-state index in [9.17, 15) is 0 Å². The number of aryl methyl sites for hydroxylation is 1. The van der Waals surface area contributed by atoms with Crippen LogP contribution in [0.3, 0.4) is 0 Å². The summed E-state index contributed by atoms with van der Waals surface area (Å²) in [6, 6.07) is 54.7. The van der Waals surface area contributed by atoms with Gasteiger partial charge in [-0.2, -0.15) is 0 Å². The van der Waals surface area contributed by atoms with Gasteiger partial charge in [-0.1, -0.05) is 84.4 Å². The maximum Gasteiger partial charge on any atom is 0.135 e. The van der Waals surface area contributed by atoms with Gasteiger partial charge in [0.2, 0.25) is 0 Å². The number of para-hydroxylation sites is 3. The minimum atomic E-state index is 0.895. The van der Waals surface area contributed by atoms with Gasteiger partial charge in [-0.15, -0.1) is 0 Å². The first-order valence-electron chi connectivity index (χ1n) is 15.8. The number of nitrogens with zero attached hydrogens (tertiary/aromatic N) is 2. The molecule has 0 atom stereocenters. The van der Waals surface area contributed by atoms with Crippen LogP contribution in [0.5, 0.6) is 0 Å². The minimum Gasteiger partial charge on any atom is -0.456 e. The first-order chi connectivity index (χ1) is 22.7. The number of fused-ring (bicyclic) bond motifs is 9. The second-order valence-corrected chi connectivity index (χ2v) is 12.3. The van der Waals surface area contributed by atoms with Crippen LogP contribution in [-0.4, -0.2) is 9.13 Å². The molecule has 0 saturated heterocycles. The average molecular weight is 589 g/mol. The molecule has 0 N–H and O–H groups in total. The molecule has 0 aliphatic carbocycles. The van der Waals surface area contributed by atoms with E-state index in [1.165, 1.54) is 54.7 Å². The van der Waals surface area contributed by atoms with Gasteiger partial charge in [0.1, 0.15) is 11.2 Å². The van der Waals surface area contributed by atoms with E-state index in [1.54, 1.807) is 0 Å². The molecule has 46 heavy (non-hydrogen) atoms. The zero-order valence-electron chi connectivity index (χ0n) is 25.2. The fourth-order valence-corrected chi connectivity index (χ4v) is 7.47. The summed E-state index contributed by atoms with van der Waals surface area (Å²) in [6.45, 7) is 2.16. The normalized spacial score (nSPS) is 12.0. The van der Waals surface area contributed by atoms with Gasteiger partial charge >= 0.3 is 0 Å². The molecule has 3 heteroatoms. The molecular formula is C43H28N2O. The summed E-state index contributed by atoms with van der Waals surface area (Å²) in [5.74, 6) is 0. The third kappa shape index (κ3) is 3.60. The minimum absolute atomic E-state index is 0.895. The Morgan fingerprint density at radius 1 is 0.370 bits per heavy atom. The van der Waals surface area contributed by atoms with E-state index in [0.29, 0.717) is 0 Å². The van der Waals surface area contributed by atoms with Gasteiger partial charge in [0.15, 0.2) is 0 Å². The molecule has 0 unspecified atom stereocenters. The van der Waals surface area contributed by atoms with E-state index >= 15 is 0 Å². The van der Waals surface area contributed by atoms with E-state index < -0.39 is 0 Å². The third-order valence-electron chi connectivity index (χ3n) is 9.56. The second-order valence-electron chi connectivity index (χ2n) is 12.3. The summed E-state index contributed by atoms with van der Waals surface area (Å²) in [5, 5.41) is 7.31. The largest absolute Gasteiger partial charge is 0.456 e. The first-order valence-corrected chi connectivity index (χ1v) is 15.8. The molecule has 3 aromatic heterocycles. The molecule has 216 valence electrons. The van der Waals surface area contributed by atoms with Crippen molar-refractivity contribution in [2.24, 2.45) is 0 Å². The number of benzene rings is 7. The number of rotatable bonds is 3. The van der Waals surface area contributed by atoms with E-state index in [2.05, 4.69) is 168 Å². The molecule has 3 nitrogen and oxygen atoms in total. The van der Waals surface area contributed by atoms with Gasteiger partial charge in [-0.3, -0.25) is 0 Å². The van der Waals surface area contributed by atoms with Crippen LogP contribution in [0.4, 0.5) is 0 Å². The molecule has 0 saturated carbocycles. The SMILES string of the molecule is Cc1ccc2c(c1)c1ccccc1n2-c1ccc2oc3ccc(-c4cccc(-n5c6ccccc6c6ccccc65)c4)cc3c2c1. The number of furan rings is 1. The highest BCUT2D eigenvalue weighted by atomic mass is 16.3. The highest BCUT2D eigenvalue weighted by Gasteiger charge is 2.16. The molecule has 7 aromatic carbocycles. The summed E-state index contributed by atoms with van der Waals surface area (Å²) < 4.78 is 11.1. The highest BCUT2D eigenvalue weighted by molar-refractivity contribution is 6.12. The fourth-order valence-electron chi connectivity index (χ4n) is 7.47. The van der Waals surface area contributed by atoms with Crippen LogP contribution in [0.15, 0.2) is 156 Å². The van der Waals surface area contributed by atoms with E-state index in [1.807, 2.05) is 0 Å². The van der Waals surface area contributed by atoms with Crippen LogP contribution in [0, 0.1) is 6.92 Å². The lowest BCUT2D eigenvalue weighted by atomic mass is 10.0. The summed E-state index contributed by atoms with van der Waals surface area (Å²) >= 11 is 0. The predicted molar refractivity (Wildman–Crippen MR) is 193 cm³/mol. The standard InChI is InChI=1S/C43H28N2O/c1-27-17-20-41-35(23-27)34-13-4-7-16-40(34)45(41)31-19-22-43-37(26-31)36-25-29(18-21-42(36)46-43)28-9-8-10-30(24-28)44-38-14-5-2-11-32(38)33-12-3-6-15-39(33)44/h2-26H,1H3. The fraction of sp³-hybridized carbons (Fsp3) is 0.0233. The van der Waals surface area contributed by atoms with Crippen LogP contribution in [0.1, 0.15) is 5.56 Å². The molecule has 0 bridgehead atoms. The van der Waals surface area contributed by atoms with Gasteiger partial charge in [0.05, 0.1) is 22.1 Å². The van der Waals surface area contributed by atoms with E-state index in [4.69, 9.17) is 4.42 Å². The Balaban J connectivity index is 1.15. The van der Waals surface area contributed by atoms with Crippen molar-refractivity contribution in [1.82, 2.24) is 9.13 Å². The summed E-state index contributed by atoms with van der Waals surface area (Å²) in [4.78, 5) is 0. The Hall–Kier alpha value is -6.06. The van der Waals surface area contributed by atoms with Crippen molar-refractivity contribution in [3.05, 3.63) is 157 Å². The lowest BCUT2D eigenvalue weighted by Gasteiger charge is -2.10. The molecule has 0 radical (unpaired) electrons. The topological polar surface area (TPSA) is 23.0 Å². The van der Waals surface area contributed by atoms with Crippen molar-refractivity contribution in [3.8, 4) is 22.5 Å². The van der Waals surface area contributed by atoms with E-state index in [0.717, 1.165) is 38.9 Å². The molecule has 10 rings (SSSR count). The van der Waals surface area contributed by atoms with Crippen molar-refractivity contribution < 1.29 is 4.42 Å². The van der Waals surface area contributed by atoms with E-state index in [-0.39, 0.29) is 0 Å². The first kappa shape index (κ1) is 25.3. The molecule has 3 heterocycles. The number of aromatic nitrogens is 2. The van der Waals surface area contributed by atoms with Crippen LogP contribution in [0.2, 0.25) is 0 Å². The monoisotopic (exact) mass is 588 g/mol. The summed E-state index contributed by atoms with van der Waals surface area (Å²) in [6.07, 6.45) is 0. The van der Waals surface area contributed by atoms with Gasteiger partial charge in [0, 0.05) is 43.7 Å². The predicted octanol–water partition coefficient (Wildman–Crippen LogP) is 11.8. The molecule has 0 amide bonds. The lowest BCUT2D eigenvalue weighted by molar-refractivity contribution is 0.669. The van der Waals surface area contributed by atoms with Crippen LogP contribution in [-0.2, 0) is 0 Å². The van der Waals surface area contributed by atoms with Crippen LogP contribution < -0.4 is 0 Å². The summed E-state index contributed by atoms with van der Waals surface area (Å²) in [7, 11) is 0. The second kappa shape index (κ2) is 9.47. The van der Waals surface area contributed by atoms with Crippen LogP contribution >= 0.6 is 0 Å². The Labute approximate surface area is 265 Å². The maximum absolute atomic E-state index is 6.37. The molecule has 10 aromatic rings. The Kier molecular flexibility index (Phi) is 5.20. The van der Waals surface area contributed by atoms with Crippen molar-refractivity contribution >= 4 is 65.6 Å². The number of hydrogen-bond acceptors (Lipinski definition) is 1. The quantitative estimate of drug-likeness (QED) is 0.201. The van der Waals surface area contributed by atoms with Crippen molar-refractivity contribution in [1.29, 1.82) is 0 Å². The van der Waals surface area contributed by atoms with Crippen molar-refractivity contribution in [3.63, 3.8) is 0 Å². The van der Waals surface area contributed by atoms with Gasteiger partial charge < -0.3 is 13.6 Å². The zero-order valence-corrected chi connectivity index (χ0v) is 25.2. The lowest BCUT2D eigenvalue weighted by Crippen LogP contribution is -1.94. The highest BCUT2D eigenvalue weighted by Crippen LogP contribution is 2.38. The van der Waals surface area contributed by atoms with Crippen molar-refractivity contribution in [2.45, 2.75) is 6.92 Å². The molecule has 0 aliphatic rings. The third-order valence-corrected chi connectivity index (χ3v) is 9.56. The maximum atomic E-state index is 6.37. The smallest absolute Gasteiger partial charge is 0.135 e. The van der Waals surface area contributed by atoms with Crippen molar-refractivity contribution in [2.75, 3.05) is 0 Å². The number of hydrogen-bond donors (Lipinski definition) is 0. The zero-order chi connectivity index (χ0) is 30.4. The Bertz CT molecular complexity index is 2770. The Morgan fingerprint density at radius 3 is 1.61 bits per heavy atom. The molecule has 0 aliphatic heterocycles. The van der Waals surface area contributed by atoms with Gasteiger partial charge in [-0.25, -0.2) is 0 Å². The molecular weight excluding hydrogens is 560 g/mol. The molecule has 0 fully saturated rings. The van der Waals surface area contributed by atoms with Crippen LogP contribution in [0.25, 0.3) is 88.1 Å². The van der Waals surface area contributed by atoms with Gasteiger partial charge in [0.25, 0.3) is 0 Å². The summed E-state index contributed by atoms with van der Waals surface area (Å²) in [5.41, 5.74) is 12.5. The Morgan fingerprint density at radius 2 is 0.913 bits per heavy atom.